The first-order valence-electron chi connectivity index (χ1n) is 7.47. The summed E-state index contributed by atoms with van der Waals surface area (Å²) in [6.45, 7) is 10.7. The van der Waals surface area contributed by atoms with E-state index in [-0.39, 0.29) is 12.0 Å². The Morgan fingerprint density at radius 1 is 1.11 bits per heavy atom. The van der Waals surface area contributed by atoms with Crippen molar-refractivity contribution in [1.82, 2.24) is 5.32 Å². The third-order valence-corrected chi connectivity index (χ3v) is 4.31. The molecule has 0 radical (unpaired) electrons. The maximum Gasteiger partial charge on any atom is 0.0499 e. The lowest BCUT2D eigenvalue weighted by molar-refractivity contribution is 0.113. The van der Waals surface area contributed by atoms with E-state index in [0.29, 0.717) is 5.92 Å². The van der Waals surface area contributed by atoms with Crippen LogP contribution in [0.5, 0.6) is 0 Å². The highest BCUT2D eigenvalue weighted by molar-refractivity contribution is 5.24. The number of aliphatic hydroxyl groups is 1. The molecule has 19 heavy (non-hydrogen) atoms. The van der Waals surface area contributed by atoms with Crippen molar-refractivity contribution in [2.24, 2.45) is 5.41 Å². The van der Waals surface area contributed by atoms with Crippen molar-refractivity contribution >= 4 is 0 Å². The van der Waals surface area contributed by atoms with Gasteiger partial charge in [0.1, 0.15) is 0 Å². The molecular formula is C17H29NO. The van der Waals surface area contributed by atoms with Crippen LogP contribution < -0.4 is 5.32 Å². The van der Waals surface area contributed by atoms with Gasteiger partial charge in [-0.25, -0.2) is 0 Å². The van der Waals surface area contributed by atoms with Crippen LogP contribution in [0.25, 0.3) is 0 Å². The Morgan fingerprint density at radius 2 is 1.68 bits per heavy atom. The zero-order valence-electron chi connectivity index (χ0n) is 12.9. The predicted molar refractivity (Wildman–Crippen MR) is 82.3 cm³/mol. The molecule has 2 heteroatoms. The molecule has 0 saturated heterocycles. The van der Waals surface area contributed by atoms with Crippen LogP contribution in [0.2, 0.25) is 0 Å². The van der Waals surface area contributed by atoms with Gasteiger partial charge in [-0.1, -0.05) is 52.0 Å². The van der Waals surface area contributed by atoms with E-state index in [2.05, 4.69) is 57.3 Å². The number of benzene rings is 1. The Morgan fingerprint density at radius 3 is 2.11 bits per heavy atom. The zero-order chi connectivity index (χ0) is 14.3. The van der Waals surface area contributed by atoms with Gasteiger partial charge in [-0.2, -0.15) is 0 Å². The average molecular weight is 263 g/mol. The first kappa shape index (κ1) is 16.2. The molecule has 0 aromatic heterocycles. The van der Waals surface area contributed by atoms with E-state index < -0.39 is 0 Å². The van der Waals surface area contributed by atoms with Gasteiger partial charge in [0.05, 0.1) is 0 Å². The molecule has 2 nitrogen and oxygen atoms in total. The van der Waals surface area contributed by atoms with Gasteiger partial charge in [0, 0.05) is 25.1 Å². The van der Waals surface area contributed by atoms with Crippen molar-refractivity contribution in [3.05, 3.63) is 35.4 Å². The van der Waals surface area contributed by atoms with Crippen molar-refractivity contribution in [1.29, 1.82) is 0 Å². The number of rotatable bonds is 8. The molecular weight excluding hydrogens is 234 g/mol. The SMILES string of the molecule is CCC(CC)(CO)CNCc1ccc(C(C)C)cc1. The van der Waals surface area contributed by atoms with Crippen molar-refractivity contribution in [3.63, 3.8) is 0 Å². The molecule has 1 rings (SSSR count). The van der Waals surface area contributed by atoms with Crippen molar-refractivity contribution in [2.45, 2.75) is 53.0 Å². The average Bonchev–Trinajstić information content (AvgIpc) is 2.45. The normalized spacial score (nSPS) is 12.1. The van der Waals surface area contributed by atoms with Crippen LogP contribution in [-0.2, 0) is 6.54 Å². The Balaban J connectivity index is 2.48. The molecule has 0 unspecified atom stereocenters. The minimum absolute atomic E-state index is 0.0396. The molecule has 0 amide bonds. The number of hydrogen-bond donors (Lipinski definition) is 2. The quantitative estimate of drug-likeness (QED) is 0.749. The van der Waals surface area contributed by atoms with Crippen LogP contribution >= 0.6 is 0 Å². The lowest BCUT2D eigenvalue weighted by Gasteiger charge is -2.29. The lowest BCUT2D eigenvalue weighted by atomic mass is 9.83. The van der Waals surface area contributed by atoms with E-state index in [0.717, 1.165) is 25.9 Å². The second-order valence-electron chi connectivity index (χ2n) is 5.87. The van der Waals surface area contributed by atoms with Crippen LogP contribution in [0.4, 0.5) is 0 Å². The lowest BCUT2D eigenvalue weighted by Crippen LogP contribution is -2.36. The maximum absolute atomic E-state index is 9.53. The van der Waals surface area contributed by atoms with Gasteiger partial charge in [-0.05, 0) is 29.9 Å². The molecule has 1 aromatic rings. The fraction of sp³-hybridized carbons (Fsp3) is 0.647. The second-order valence-corrected chi connectivity index (χ2v) is 5.87. The van der Waals surface area contributed by atoms with Crippen LogP contribution in [0.15, 0.2) is 24.3 Å². The van der Waals surface area contributed by atoms with Gasteiger partial charge in [0.2, 0.25) is 0 Å². The molecule has 0 aliphatic carbocycles. The maximum atomic E-state index is 9.53. The number of aliphatic hydroxyl groups excluding tert-OH is 1. The molecule has 2 N–H and O–H groups in total. The third kappa shape index (κ3) is 4.63. The van der Waals surface area contributed by atoms with E-state index in [1.54, 1.807) is 0 Å². The van der Waals surface area contributed by atoms with Crippen LogP contribution in [0.1, 0.15) is 57.6 Å². The largest absolute Gasteiger partial charge is 0.396 e. The van der Waals surface area contributed by atoms with E-state index in [9.17, 15) is 5.11 Å². The molecule has 0 bridgehead atoms. The van der Waals surface area contributed by atoms with Crippen molar-refractivity contribution < 1.29 is 5.11 Å². The van der Waals surface area contributed by atoms with Gasteiger partial charge in [-0.15, -0.1) is 0 Å². The molecule has 0 aliphatic heterocycles. The van der Waals surface area contributed by atoms with Crippen molar-refractivity contribution in [3.8, 4) is 0 Å². The Hall–Kier alpha value is -0.860. The Bertz CT molecular complexity index is 344. The second kappa shape index (κ2) is 7.66. The zero-order valence-corrected chi connectivity index (χ0v) is 12.9. The fourth-order valence-electron chi connectivity index (χ4n) is 2.27. The van der Waals surface area contributed by atoms with Gasteiger partial charge in [0.15, 0.2) is 0 Å². The van der Waals surface area contributed by atoms with Crippen molar-refractivity contribution in [2.75, 3.05) is 13.2 Å². The first-order chi connectivity index (χ1) is 9.06. The van der Waals surface area contributed by atoms with Crippen LogP contribution in [0.3, 0.4) is 0 Å². The summed E-state index contributed by atoms with van der Waals surface area (Å²) in [5.41, 5.74) is 2.73. The van der Waals surface area contributed by atoms with Gasteiger partial charge < -0.3 is 10.4 Å². The van der Waals surface area contributed by atoms with E-state index in [1.807, 2.05) is 0 Å². The summed E-state index contributed by atoms with van der Waals surface area (Å²) in [6, 6.07) is 8.81. The summed E-state index contributed by atoms with van der Waals surface area (Å²) < 4.78 is 0. The smallest absolute Gasteiger partial charge is 0.0499 e. The molecule has 0 spiro atoms. The summed E-state index contributed by atoms with van der Waals surface area (Å²) in [5.74, 6) is 0.587. The summed E-state index contributed by atoms with van der Waals surface area (Å²) in [5, 5.41) is 13.0. The molecule has 1 aromatic carbocycles. The highest BCUT2D eigenvalue weighted by atomic mass is 16.3. The summed E-state index contributed by atoms with van der Waals surface area (Å²) >= 11 is 0. The van der Waals surface area contributed by atoms with E-state index in [4.69, 9.17) is 0 Å². The Labute approximate surface area is 118 Å². The van der Waals surface area contributed by atoms with Crippen LogP contribution in [-0.4, -0.2) is 18.3 Å². The number of nitrogens with one attached hydrogen (secondary N) is 1. The topological polar surface area (TPSA) is 32.3 Å². The van der Waals surface area contributed by atoms with E-state index >= 15 is 0 Å². The standard InChI is InChI=1S/C17H29NO/c1-5-17(6-2,13-19)12-18-11-15-7-9-16(10-8-15)14(3)4/h7-10,14,18-19H,5-6,11-13H2,1-4H3. The minimum atomic E-state index is 0.0396. The highest BCUT2D eigenvalue weighted by Crippen LogP contribution is 2.24. The van der Waals surface area contributed by atoms with Gasteiger partial charge >= 0.3 is 0 Å². The molecule has 108 valence electrons. The Kier molecular flexibility index (Phi) is 6.53. The summed E-state index contributed by atoms with van der Waals surface area (Å²) in [4.78, 5) is 0. The highest BCUT2D eigenvalue weighted by Gasteiger charge is 2.24. The molecule has 0 fully saturated rings. The minimum Gasteiger partial charge on any atom is -0.396 e. The van der Waals surface area contributed by atoms with Crippen LogP contribution in [0, 0.1) is 5.41 Å². The third-order valence-electron chi connectivity index (χ3n) is 4.31. The molecule has 0 aliphatic rings. The monoisotopic (exact) mass is 263 g/mol. The predicted octanol–water partition coefficient (Wildman–Crippen LogP) is 3.70. The summed E-state index contributed by atoms with van der Waals surface area (Å²) in [7, 11) is 0. The van der Waals surface area contributed by atoms with E-state index in [1.165, 1.54) is 11.1 Å². The first-order valence-corrected chi connectivity index (χ1v) is 7.47. The van der Waals surface area contributed by atoms with Gasteiger partial charge in [0.25, 0.3) is 0 Å². The molecule has 0 saturated carbocycles. The van der Waals surface area contributed by atoms with Gasteiger partial charge in [-0.3, -0.25) is 0 Å². The number of hydrogen-bond acceptors (Lipinski definition) is 2. The molecule has 0 atom stereocenters. The summed E-state index contributed by atoms with van der Waals surface area (Å²) in [6.07, 6.45) is 2.03. The molecule has 0 heterocycles. The fourth-order valence-corrected chi connectivity index (χ4v) is 2.27.